The second kappa shape index (κ2) is 9.64. The van der Waals surface area contributed by atoms with Crippen LogP contribution in [0.5, 0.6) is 11.5 Å². The van der Waals surface area contributed by atoms with E-state index in [1.807, 2.05) is 48.5 Å². The Balaban J connectivity index is 1.60. The Hall–Kier alpha value is -3.36. The molecule has 0 saturated heterocycles. The van der Waals surface area contributed by atoms with E-state index < -0.39 is 16.1 Å². The first-order valence-corrected chi connectivity index (χ1v) is 12.0. The molecule has 1 unspecified atom stereocenters. The molecular formula is C25H26N2O5S. The SMILES string of the molecule is COc1ccc(CNC(=O)C2Cc3ccccc3CN2S(=O)(=O)c2ccc(OC)cc2)cc1. The van der Waals surface area contributed by atoms with Gasteiger partial charge in [-0.05, 0) is 59.5 Å². The molecular weight excluding hydrogens is 440 g/mol. The summed E-state index contributed by atoms with van der Waals surface area (Å²) in [7, 11) is -0.801. The van der Waals surface area contributed by atoms with E-state index in [-0.39, 0.29) is 23.9 Å². The Kier molecular flexibility index (Phi) is 6.67. The molecule has 0 aromatic heterocycles. The van der Waals surface area contributed by atoms with Crippen molar-refractivity contribution in [3.63, 3.8) is 0 Å². The molecule has 1 aliphatic rings. The zero-order valence-corrected chi connectivity index (χ0v) is 19.3. The lowest BCUT2D eigenvalue weighted by atomic mass is 9.95. The molecule has 172 valence electrons. The molecule has 33 heavy (non-hydrogen) atoms. The van der Waals surface area contributed by atoms with E-state index in [1.54, 1.807) is 19.2 Å². The molecule has 7 nitrogen and oxygen atoms in total. The van der Waals surface area contributed by atoms with Crippen LogP contribution in [0.15, 0.2) is 77.7 Å². The normalized spacial score (nSPS) is 16.0. The number of hydrogen-bond donors (Lipinski definition) is 1. The van der Waals surface area contributed by atoms with Gasteiger partial charge in [-0.3, -0.25) is 4.79 Å². The van der Waals surface area contributed by atoms with Gasteiger partial charge in [-0.15, -0.1) is 0 Å². The zero-order chi connectivity index (χ0) is 23.4. The summed E-state index contributed by atoms with van der Waals surface area (Å²) in [5, 5.41) is 2.90. The number of nitrogens with one attached hydrogen (secondary N) is 1. The summed E-state index contributed by atoms with van der Waals surface area (Å²) in [6.45, 7) is 0.419. The fourth-order valence-corrected chi connectivity index (χ4v) is 5.47. The van der Waals surface area contributed by atoms with Crippen molar-refractivity contribution in [3.8, 4) is 11.5 Å². The number of methoxy groups -OCH3 is 2. The van der Waals surface area contributed by atoms with Crippen molar-refractivity contribution in [1.29, 1.82) is 0 Å². The third-order valence-electron chi connectivity index (χ3n) is 5.80. The van der Waals surface area contributed by atoms with Crippen molar-refractivity contribution in [3.05, 3.63) is 89.5 Å². The lowest BCUT2D eigenvalue weighted by molar-refractivity contribution is -0.125. The fraction of sp³-hybridized carbons (Fsp3) is 0.240. The summed E-state index contributed by atoms with van der Waals surface area (Å²) in [5.74, 6) is 0.954. The number of rotatable bonds is 7. The molecule has 0 spiro atoms. The Labute approximate surface area is 194 Å². The quantitative estimate of drug-likeness (QED) is 0.578. The summed E-state index contributed by atoms with van der Waals surface area (Å²) < 4.78 is 38.7. The molecule has 0 bridgehead atoms. The van der Waals surface area contributed by atoms with Crippen molar-refractivity contribution >= 4 is 15.9 Å². The molecule has 4 rings (SSSR count). The monoisotopic (exact) mass is 466 g/mol. The van der Waals surface area contributed by atoms with Gasteiger partial charge in [-0.2, -0.15) is 4.31 Å². The zero-order valence-electron chi connectivity index (χ0n) is 18.5. The fourth-order valence-electron chi connectivity index (χ4n) is 3.91. The number of carbonyl (C=O) groups excluding carboxylic acids is 1. The molecule has 1 N–H and O–H groups in total. The van der Waals surface area contributed by atoms with Crippen LogP contribution in [0.2, 0.25) is 0 Å². The number of ether oxygens (including phenoxy) is 2. The molecule has 0 fully saturated rings. The third kappa shape index (κ3) is 4.86. The van der Waals surface area contributed by atoms with Crippen LogP contribution in [0.3, 0.4) is 0 Å². The minimum absolute atomic E-state index is 0.121. The van der Waals surface area contributed by atoms with E-state index in [0.717, 1.165) is 22.4 Å². The highest BCUT2D eigenvalue weighted by atomic mass is 32.2. The van der Waals surface area contributed by atoms with Gasteiger partial charge in [0.2, 0.25) is 15.9 Å². The number of hydrogen-bond acceptors (Lipinski definition) is 5. The van der Waals surface area contributed by atoms with Crippen LogP contribution in [-0.4, -0.2) is 38.9 Å². The minimum Gasteiger partial charge on any atom is -0.497 e. The van der Waals surface area contributed by atoms with E-state index >= 15 is 0 Å². The predicted octanol–water partition coefficient (Wildman–Crippen LogP) is 3.14. The summed E-state index contributed by atoms with van der Waals surface area (Å²) in [6.07, 6.45) is 0.306. The van der Waals surface area contributed by atoms with Gasteiger partial charge < -0.3 is 14.8 Å². The lowest BCUT2D eigenvalue weighted by Crippen LogP contribution is -2.52. The van der Waals surface area contributed by atoms with Crippen LogP contribution in [0.4, 0.5) is 0 Å². The summed E-state index contributed by atoms with van der Waals surface area (Å²) >= 11 is 0. The van der Waals surface area contributed by atoms with Crippen LogP contribution < -0.4 is 14.8 Å². The Morgan fingerprint density at radius 1 is 0.909 bits per heavy atom. The molecule has 3 aromatic rings. The average Bonchev–Trinajstić information content (AvgIpc) is 2.86. The van der Waals surface area contributed by atoms with E-state index in [4.69, 9.17) is 9.47 Å². The number of nitrogens with zero attached hydrogens (tertiary/aromatic N) is 1. The maximum atomic E-state index is 13.5. The number of benzene rings is 3. The highest BCUT2D eigenvalue weighted by molar-refractivity contribution is 7.89. The van der Waals surface area contributed by atoms with Gasteiger partial charge >= 0.3 is 0 Å². The van der Waals surface area contributed by atoms with Gasteiger partial charge in [-0.1, -0.05) is 36.4 Å². The molecule has 0 aliphatic carbocycles. The first-order valence-electron chi connectivity index (χ1n) is 10.6. The maximum Gasteiger partial charge on any atom is 0.244 e. The van der Waals surface area contributed by atoms with Crippen molar-refractivity contribution in [1.82, 2.24) is 9.62 Å². The van der Waals surface area contributed by atoms with Gasteiger partial charge in [-0.25, -0.2) is 8.42 Å². The van der Waals surface area contributed by atoms with E-state index in [0.29, 0.717) is 12.2 Å². The number of carbonyl (C=O) groups is 1. The number of fused-ring (bicyclic) bond motifs is 1. The summed E-state index contributed by atoms with van der Waals surface area (Å²) in [6, 6.07) is 20.3. The highest BCUT2D eigenvalue weighted by Gasteiger charge is 2.39. The topological polar surface area (TPSA) is 84.9 Å². The van der Waals surface area contributed by atoms with Crippen molar-refractivity contribution < 1.29 is 22.7 Å². The van der Waals surface area contributed by atoms with Gasteiger partial charge in [0.05, 0.1) is 19.1 Å². The first kappa shape index (κ1) is 22.8. The van der Waals surface area contributed by atoms with Crippen molar-refractivity contribution in [2.75, 3.05) is 14.2 Å². The van der Waals surface area contributed by atoms with E-state index in [1.165, 1.54) is 23.5 Å². The standard InChI is InChI=1S/C25H26N2O5S/c1-31-21-9-7-18(8-10-21)16-26-25(28)24-15-19-5-3-4-6-20(19)17-27(24)33(29,30)23-13-11-22(32-2)12-14-23/h3-14,24H,15-17H2,1-2H3,(H,26,28). The predicted molar refractivity (Wildman–Crippen MR) is 124 cm³/mol. The molecule has 8 heteroatoms. The second-order valence-corrected chi connectivity index (χ2v) is 9.67. The van der Waals surface area contributed by atoms with Gasteiger partial charge in [0, 0.05) is 13.1 Å². The number of sulfonamides is 1. The van der Waals surface area contributed by atoms with Gasteiger partial charge in [0.25, 0.3) is 0 Å². The highest BCUT2D eigenvalue weighted by Crippen LogP contribution is 2.30. The molecule has 1 heterocycles. The van der Waals surface area contributed by atoms with Gasteiger partial charge in [0.15, 0.2) is 0 Å². The Bertz CT molecular complexity index is 1220. The van der Waals surface area contributed by atoms with Crippen LogP contribution in [0.1, 0.15) is 16.7 Å². The molecule has 0 saturated carbocycles. The Morgan fingerprint density at radius 2 is 1.48 bits per heavy atom. The first-order chi connectivity index (χ1) is 15.9. The largest absolute Gasteiger partial charge is 0.497 e. The van der Waals surface area contributed by atoms with Crippen LogP contribution in [0, 0.1) is 0 Å². The smallest absolute Gasteiger partial charge is 0.244 e. The van der Waals surface area contributed by atoms with Crippen LogP contribution in [0.25, 0.3) is 0 Å². The van der Waals surface area contributed by atoms with Gasteiger partial charge in [0.1, 0.15) is 17.5 Å². The van der Waals surface area contributed by atoms with E-state index in [2.05, 4.69) is 5.32 Å². The summed E-state index contributed by atoms with van der Waals surface area (Å²) in [5.41, 5.74) is 2.77. The molecule has 3 aromatic carbocycles. The lowest BCUT2D eigenvalue weighted by Gasteiger charge is -2.35. The molecule has 1 atom stereocenters. The molecule has 0 radical (unpaired) electrons. The Morgan fingerprint density at radius 3 is 2.09 bits per heavy atom. The van der Waals surface area contributed by atoms with Crippen LogP contribution in [-0.2, 0) is 34.3 Å². The van der Waals surface area contributed by atoms with Crippen molar-refractivity contribution in [2.45, 2.75) is 30.4 Å². The minimum atomic E-state index is -3.92. The maximum absolute atomic E-state index is 13.5. The third-order valence-corrected chi connectivity index (χ3v) is 7.67. The van der Waals surface area contributed by atoms with Crippen molar-refractivity contribution in [2.24, 2.45) is 0 Å². The molecule has 1 amide bonds. The summed E-state index contributed by atoms with van der Waals surface area (Å²) in [4.78, 5) is 13.4. The molecule has 1 aliphatic heterocycles. The second-order valence-electron chi connectivity index (χ2n) is 7.78. The number of amides is 1. The average molecular weight is 467 g/mol. The van der Waals surface area contributed by atoms with E-state index in [9.17, 15) is 13.2 Å². The van der Waals surface area contributed by atoms with Crippen LogP contribution >= 0.6 is 0 Å².